The van der Waals surface area contributed by atoms with Gasteiger partial charge in [0.2, 0.25) is 0 Å². The Morgan fingerprint density at radius 1 is 1.38 bits per heavy atom. The van der Waals surface area contributed by atoms with E-state index in [4.69, 9.17) is 21.1 Å². The molecule has 0 heterocycles. The lowest BCUT2D eigenvalue weighted by molar-refractivity contribution is -0.145. The Morgan fingerprint density at radius 2 is 2.10 bits per heavy atom. The molecule has 0 aliphatic rings. The van der Waals surface area contributed by atoms with Gasteiger partial charge in [0.05, 0.1) is 17.5 Å². The second-order valence-corrected chi connectivity index (χ2v) is 5.29. The average Bonchev–Trinajstić information content (AvgIpc) is 2.42. The van der Waals surface area contributed by atoms with Crippen molar-refractivity contribution in [1.82, 2.24) is 0 Å². The number of carbonyl (C=O) groups is 1. The Morgan fingerprint density at radius 3 is 2.62 bits per heavy atom. The molecule has 0 N–H and O–H groups in total. The first kappa shape index (κ1) is 17.4. The van der Waals surface area contributed by atoms with Crippen LogP contribution in [-0.2, 0) is 9.53 Å². The van der Waals surface area contributed by atoms with E-state index in [0.29, 0.717) is 17.4 Å². The summed E-state index contributed by atoms with van der Waals surface area (Å²) < 4.78 is 10.6. The largest absolute Gasteiger partial charge is 0.492 e. The highest BCUT2D eigenvalue weighted by Gasteiger charge is 2.26. The molecule has 0 bridgehead atoms. The molecular formula is C17H21ClO3. The van der Waals surface area contributed by atoms with Crippen molar-refractivity contribution in [2.45, 2.75) is 33.6 Å². The molecule has 0 aliphatic carbocycles. The minimum absolute atomic E-state index is 0.0982. The third-order valence-electron chi connectivity index (χ3n) is 3.00. The lowest BCUT2D eigenvalue weighted by Gasteiger charge is -2.20. The van der Waals surface area contributed by atoms with Gasteiger partial charge < -0.3 is 9.47 Å². The SMILES string of the molecule is CC#CCOC(=O)C(c1ccc(OCC)c(Cl)c1)C(C)C. The molecular weight excluding hydrogens is 288 g/mol. The number of esters is 1. The van der Waals surface area contributed by atoms with Crippen molar-refractivity contribution < 1.29 is 14.3 Å². The lowest BCUT2D eigenvalue weighted by atomic mass is 9.88. The molecule has 1 unspecified atom stereocenters. The standard InChI is InChI=1S/C17H21ClO3/c1-5-7-10-21-17(19)16(12(3)4)13-8-9-15(20-6-2)14(18)11-13/h8-9,11-12,16H,6,10H2,1-4H3. The maximum Gasteiger partial charge on any atom is 0.314 e. The van der Waals surface area contributed by atoms with E-state index in [1.165, 1.54) is 0 Å². The van der Waals surface area contributed by atoms with Crippen molar-refractivity contribution in [3.63, 3.8) is 0 Å². The van der Waals surface area contributed by atoms with Gasteiger partial charge in [-0.05, 0) is 37.5 Å². The molecule has 0 saturated heterocycles. The molecule has 0 aliphatic heterocycles. The normalized spacial score (nSPS) is 11.5. The van der Waals surface area contributed by atoms with Gasteiger partial charge in [0.1, 0.15) is 5.75 Å². The predicted octanol–water partition coefficient (Wildman–Crippen LogP) is 4.04. The first-order chi connectivity index (χ1) is 10.0. The smallest absolute Gasteiger partial charge is 0.314 e. The fraction of sp³-hybridized carbons (Fsp3) is 0.471. The maximum atomic E-state index is 12.2. The Bertz CT molecular complexity index is 541. The number of rotatable bonds is 6. The van der Waals surface area contributed by atoms with Crippen LogP contribution < -0.4 is 4.74 Å². The summed E-state index contributed by atoms with van der Waals surface area (Å²) in [6.07, 6.45) is 0. The van der Waals surface area contributed by atoms with E-state index >= 15 is 0 Å². The summed E-state index contributed by atoms with van der Waals surface area (Å²) in [6.45, 7) is 8.21. The van der Waals surface area contributed by atoms with Crippen molar-refractivity contribution in [2.75, 3.05) is 13.2 Å². The van der Waals surface area contributed by atoms with E-state index in [2.05, 4.69) is 11.8 Å². The summed E-state index contributed by atoms with van der Waals surface area (Å²) in [4.78, 5) is 12.2. The lowest BCUT2D eigenvalue weighted by Crippen LogP contribution is -2.21. The van der Waals surface area contributed by atoms with Gasteiger partial charge in [0, 0.05) is 0 Å². The van der Waals surface area contributed by atoms with Crippen molar-refractivity contribution in [2.24, 2.45) is 5.92 Å². The van der Waals surface area contributed by atoms with Crippen LogP contribution in [0.15, 0.2) is 18.2 Å². The molecule has 114 valence electrons. The molecule has 0 fully saturated rings. The monoisotopic (exact) mass is 308 g/mol. The van der Waals surface area contributed by atoms with E-state index in [0.717, 1.165) is 5.56 Å². The molecule has 3 nitrogen and oxygen atoms in total. The first-order valence-electron chi connectivity index (χ1n) is 6.99. The maximum absolute atomic E-state index is 12.2. The predicted molar refractivity (Wildman–Crippen MR) is 84.6 cm³/mol. The highest BCUT2D eigenvalue weighted by Crippen LogP contribution is 2.32. The van der Waals surface area contributed by atoms with Crippen molar-refractivity contribution in [1.29, 1.82) is 0 Å². The zero-order valence-electron chi connectivity index (χ0n) is 12.9. The molecule has 0 spiro atoms. The van der Waals surface area contributed by atoms with Crippen molar-refractivity contribution in [3.8, 4) is 17.6 Å². The molecule has 0 radical (unpaired) electrons. The third kappa shape index (κ3) is 4.99. The van der Waals surface area contributed by atoms with Gasteiger partial charge in [0.15, 0.2) is 6.61 Å². The van der Waals surface area contributed by atoms with Gasteiger partial charge >= 0.3 is 5.97 Å². The van der Waals surface area contributed by atoms with Crippen LogP contribution in [0.2, 0.25) is 5.02 Å². The topological polar surface area (TPSA) is 35.5 Å². The highest BCUT2D eigenvalue weighted by molar-refractivity contribution is 6.32. The summed E-state index contributed by atoms with van der Waals surface area (Å²) >= 11 is 6.19. The number of carbonyl (C=O) groups excluding carboxylic acids is 1. The molecule has 4 heteroatoms. The summed E-state index contributed by atoms with van der Waals surface area (Å²) in [5, 5.41) is 0.501. The molecule has 0 aromatic heterocycles. The van der Waals surface area contributed by atoms with Gasteiger partial charge in [-0.3, -0.25) is 4.79 Å². The second-order valence-electron chi connectivity index (χ2n) is 4.88. The molecule has 0 saturated carbocycles. The van der Waals surface area contributed by atoms with Crippen LogP contribution in [0, 0.1) is 17.8 Å². The van der Waals surface area contributed by atoms with Gasteiger partial charge in [-0.15, -0.1) is 5.92 Å². The first-order valence-corrected chi connectivity index (χ1v) is 7.37. The summed E-state index contributed by atoms with van der Waals surface area (Å²) in [6, 6.07) is 5.41. The second kappa shape index (κ2) is 8.59. The van der Waals surface area contributed by atoms with E-state index < -0.39 is 0 Å². The molecule has 21 heavy (non-hydrogen) atoms. The van der Waals surface area contributed by atoms with Crippen LogP contribution >= 0.6 is 11.6 Å². The van der Waals surface area contributed by atoms with Crippen LogP contribution in [0.3, 0.4) is 0 Å². The van der Waals surface area contributed by atoms with Crippen LogP contribution in [0.5, 0.6) is 5.75 Å². The number of ether oxygens (including phenoxy) is 2. The van der Waals surface area contributed by atoms with Gasteiger partial charge in [-0.25, -0.2) is 0 Å². The summed E-state index contributed by atoms with van der Waals surface area (Å²) in [5.41, 5.74) is 0.827. The third-order valence-corrected chi connectivity index (χ3v) is 3.29. The highest BCUT2D eigenvalue weighted by atomic mass is 35.5. The van der Waals surface area contributed by atoms with Gasteiger partial charge in [-0.1, -0.05) is 37.4 Å². The number of hydrogen-bond donors (Lipinski definition) is 0. The number of hydrogen-bond acceptors (Lipinski definition) is 3. The summed E-state index contributed by atoms with van der Waals surface area (Å²) in [7, 11) is 0. The summed E-state index contributed by atoms with van der Waals surface area (Å²) in [5.74, 6) is 5.49. The quantitative estimate of drug-likeness (QED) is 0.587. The van der Waals surface area contributed by atoms with E-state index in [1.807, 2.05) is 26.8 Å². The Hall–Kier alpha value is -1.66. The van der Waals surface area contributed by atoms with Crippen LogP contribution in [-0.4, -0.2) is 19.2 Å². The van der Waals surface area contributed by atoms with Crippen molar-refractivity contribution >= 4 is 17.6 Å². The van der Waals surface area contributed by atoms with Gasteiger partial charge in [0.25, 0.3) is 0 Å². The zero-order valence-corrected chi connectivity index (χ0v) is 13.7. The molecule has 1 rings (SSSR count). The minimum atomic E-state index is -0.364. The zero-order chi connectivity index (χ0) is 15.8. The molecule has 1 aromatic carbocycles. The fourth-order valence-corrected chi connectivity index (χ4v) is 2.29. The molecule has 1 atom stereocenters. The Labute approximate surface area is 131 Å². The number of halogens is 1. The minimum Gasteiger partial charge on any atom is -0.492 e. The van der Waals surface area contributed by atoms with Crippen LogP contribution in [0.4, 0.5) is 0 Å². The fourth-order valence-electron chi connectivity index (χ4n) is 2.05. The van der Waals surface area contributed by atoms with Crippen LogP contribution in [0.1, 0.15) is 39.2 Å². The van der Waals surface area contributed by atoms with Gasteiger partial charge in [-0.2, -0.15) is 0 Å². The Kier molecular flexibility index (Phi) is 7.11. The Balaban J connectivity index is 2.97. The van der Waals surface area contributed by atoms with E-state index in [-0.39, 0.29) is 24.4 Å². The number of benzene rings is 1. The van der Waals surface area contributed by atoms with E-state index in [9.17, 15) is 4.79 Å². The molecule has 1 aromatic rings. The van der Waals surface area contributed by atoms with E-state index in [1.54, 1.807) is 19.1 Å². The molecule has 0 amide bonds. The van der Waals surface area contributed by atoms with Crippen molar-refractivity contribution in [3.05, 3.63) is 28.8 Å². The van der Waals surface area contributed by atoms with Crippen LogP contribution in [0.25, 0.3) is 0 Å². The average molecular weight is 309 g/mol.